The van der Waals surface area contributed by atoms with Crippen LogP contribution in [0.1, 0.15) is 24.3 Å². The fraction of sp³-hybridized carbons (Fsp3) is 0.438. The highest BCUT2D eigenvalue weighted by molar-refractivity contribution is 7.09. The number of thiophene rings is 1. The summed E-state index contributed by atoms with van der Waals surface area (Å²) in [6, 6.07) is 8.50. The van der Waals surface area contributed by atoms with Crippen molar-refractivity contribution in [2.75, 3.05) is 18.5 Å². The minimum atomic E-state index is 0.680. The van der Waals surface area contributed by atoms with Gasteiger partial charge in [-0.25, -0.2) is 4.98 Å². The van der Waals surface area contributed by atoms with E-state index >= 15 is 0 Å². The van der Waals surface area contributed by atoms with E-state index < -0.39 is 0 Å². The number of pyridine rings is 1. The standard InChI is InChI=1S/C16H23N3S/c1-13(2)9-17-10-14-6-7-16(18-11-14)19(3)12-15-5-4-8-20-15/h4-8,11,13,17H,9-10,12H2,1-3H3. The van der Waals surface area contributed by atoms with E-state index in [-0.39, 0.29) is 0 Å². The summed E-state index contributed by atoms with van der Waals surface area (Å²) in [5.74, 6) is 1.70. The third kappa shape index (κ3) is 4.62. The predicted molar refractivity (Wildman–Crippen MR) is 87.2 cm³/mol. The molecule has 0 saturated heterocycles. The summed E-state index contributed by atoms with van der Waals surface area (Å²) in [6.07, 6.45) is 1.97. The molecule has 0 aliphatic heterocycles. The normalized spacial score (nSPS) is 11.0. The molecule has 0 spiro atoms. The van der Waals surface area contributed by atoms with E-state index in [9.17, 15) is 0 Å². The first kappa shape index (κ1) is 15.0. The predicted octanol–water partition coefficient (Wildman–Crippen LogP) is 3.53. The van der Waals surface area contributed by atoms with Crippen molar-refractivity contribution in [3.8, 4) is 0 Å². The van der Waals surface area contributed by atoms with Gasteiger partial charge in [-0.3, -0.25) is 0 Å². The fourth-order valence-electron chi connectivity index (χ4n) is 1.97. The highest BCUT2D eigenvalue weighted by Gasteiger charge is 2.04. The van der Waals surface area contributed by atoms with Crippen molar-refractivity contribution in [2.24, 2.45) is 5.92 Å². The van der Waals surface area contributed by atoms with Crippen molar-refractivity contribution in [2.45, 2.75) is 26.9 Å². The maximum atomic E-state index is 4.55. The summed E-state index contributed by atoms with van der Waals surface area (Å²) in [7, 11) is 2.08. The maximum absolute atomic E-state index is 4.55. The van der Waals surface area contributed by atoms with E-state index in [2.05, 4.69) is 65.7 Å². The molecule has 0 bridgehead atoms. The van der Waals surface area contributed by atoms with E-state index in [1.165, 1.54) is 10.4 Å². The van der Waals surface area contributed by atoms with Gasteiger partial charge in [0.1, 0.15) is 5.82 Å². The van der Waals surface area contributed by atoms with Crippen molar-refractivity contribution in [3.63, 3.8) is 0 Å². The maximum Gasteiger partial charge on any atom is 0.128 e. The molecule has 0 aromatic carbocycles. The van der Waals surface area contributed by atoms with E-state index in [0.29, 0.717) is 5.92 Å². The van der Waals surface area contributed by atoms with Gasteiger partial charge in [0, 0.05) is 24.7 Å². The zero-order valence-corrected chi connectivity index (χ0v) is 13.3. The van der Waals surface area contributed by atoms with Crippen LogP contribution in [0.2, 0.25) is 0 Å². The molecule has 0 aliphatic carbocycles. The summed E-state index contributed by atoms with van der Waals surface area (Å²) in [4.78, 5) is 8.08. The third-order valence-electron chi connectivity index (χ3n) is 3.06. The van der Waals surface area contributed by atoms with Crippen LogP contribution in [0.4, 0.5) is 5.82 Å². The lowest BCUT2D eigenvalue weighted by Crippen LogP contribution is -2.20. The molecule has 3 nitrogen and oxygen atoms in total. The number of anilines is 1. The summed E-state index contributed by atoms with van der Waals surface area (Å²) >= 11 is 1.78. The number of nitrogens with one attached hydrogen (secondary N) is 1. The number of aromatic nitrogens is 1. The Labute approximate surface area is 125 Å². The lowest BCUT2D eigenvalue weighted by Gasteiger charge is -2.17. The number of hydrogen-bond acceptors (Lipinski definition) is 4. The van der Waals surface area contributed by atoms with Crippen LogP contribution in [-0.4, -0.2) is 18.6 Å². The number of nitrogens with zero attached hydrogens (tertiary/aromatic N) is 2. The van der Waals surface area contributed by atoms with Gasteiger partial charge in [0.2, 0.25) is 0 Å². The second-order valence-corrected chi connectivity index (χ2v) is 6.52. The zero-order chi connectivity index (χ0) is 14.4. The SMILES string of the molecule is CC(C)CNCc1ccc(N(C)Cc2cccs2)nc1. The van der Waals surface area contributed by atoms with Crippen LogP contribution in [0.25, 0.3) is 0 Å². The Morgan fingerprint density at radius 3 is 2.75 bits per heavy atom. The van der Waals surface area contributed by atoms with Crippen molar-refractivity contribution in [1.29, 1.82) is 0 Å². The van der Waals surface area contributed by atoms with Gasteiger partial charge in [0.15, 0.2) is 0 Å². The Kier molecular flexibility index (Phi) is 5.56. The van der Waals surface area contributed by atoms with Crippen LogP contribution in [0.5, 0.6) is 0 Å². The Bertz CT molecular complexity index is 491. The molecule has 108 valence electrons. The van der Waals surface area contributed by atoms with Gasteiger partial charge >= 0.3 is 0 Å². The van der Waals surface area contributed by atoms with Crippen molar-refractivity contribution < 1.29 is 0 Å². The van der Waals surface area contributed by atoms with Crippen molar-refractivity contribution in [1.82, 2.24) is 10.3 Å². The monoisotopic (exact) mass is 289 g/mol. The molecule has 0 amide bonds. The minimum absolute atomic E-state index is 0.680. The first-order valence-corrected chi connectivity index (χ1v) is 7.92. The second-order valence-electron chi connectivity index (χ2n) is 5.48. The van der Waals surface area contributed by atoms with Crippen molar-refractivity contribution in [3.05, 3.63) is 46.3 Å². The van der Waals surface area contributed by atoms with Gasteiger partial charge in [-0.1, -0.05) is 26.0 Å². The summed E-state index contributed by atoms with van der Waals surface area (Å²) < 4.78 is 0. The molecule has 0 saturated carbocycles. The Morgan fingerprint density at radius 1 is 1.30 bits per heavy atom. The second kappa shape index (κ2) is 7.41. The van der Waals surface area contributed by atoms with E-state index in [1.807, 2.05) is 6.20 Å². The van der Waals surface area contributed by atoms with Gasteiger partial charge in [0.25, 0.3) is 0 Å². The molecule has 0 atom stereocenters. The molecule has 1 N–H and O–H groups in total. The molecule has 0 fully saturated rings. The molecule has 2 aromatic rings. The van der Waals surface area contributed by atoms with Crippen LogP contribution >= 0.6 is 11.3 Å². The van der Waals surface area contributed by atoms with Crippen LogP contribution < -0.4 is 10.2 Å². The van der Waals surface area contributed by atoms with Gasteiger partial charge in [-0.2, -0.15) is 0 Å². The summed E-state index contributed by atoms with van der Waals surface area (Å²) in [5, 5.41) is 5.55. The molecule has 2 heterocycles. The lowest BCUT2D eigenvalue weighted by molar-refractivity contribution is 0.552. The molecule has 2 rings (SSSR count). The third-order valence-corrected chi connectivity index (χ3v) is 3.92. The molecule has 0 unspecified atom stereocenters. The molecule has 0 radical (unpaired) electrons. The van der Waals surface area contributed by atoms with Crippen LogP contribution in [0.15, 0.2) is 35.8 Å². The minimum Gasteiger partial charge on any atom is -0.355 e. The molecule has 2 aromatic heterocycles. The van der Waals surface area contributed by atoms with E-state index in [4.69, 9.17) is 0 Å². The quantitative estimate of drug-likeness (QED) is 0.845. The summed E-state index contributed by atoms with van der Waals surface area (Å²) in [6.45, 7) is 7.28. The Morgan fingerprint density at radius 2 is 2.15 bits per heavy atom. The Hall–Kier alpha value is -1.39. The zero-order valence-electron chi connectivity index (χ0n) is 12.5. The number of rotatable bonds is 7. The molecule has 20 heavy (non-hydrogen) atoms. The van der Waals surface area contributed by atoms with Gasteiger partial charge < -0.3 is 10.2 Å². The lowest BCUT2D eigenvalue weighted by atomic mass is 10.2. The average Bonchev–Trinajstić information content (AvgIpc) is 2.92. The fourth-order valence-corrected chi connectivity index (χ4v) is 2.73. The molecular weight excluding hydrogens is 266 g/mol. The highest BCUT2D eigenvalue weighted by atomic mass is 32.1. The van der Waals surface area contributed by atoms with E-state index in [1.54, 1.807) is 11.3 Å². The highest BCUT2D eigenvalue weighted by Crippen LogP contribution is 2.16. The summed E-state index contributed by atoms with van der Waals surface area (Å²) in [5.41, 5.74) is 1.24. The van der Waals surface area contributed by atoms with E-state index in [0.717, 1.165) is 25.5 Å². The first-order chi connectivity index (χ1) is 9.65. The molecular formula is C16H23N3S. The smallest absolute Gasteiger partial charge is 0.128 e. The van der Waals surface area contributed by atoms with Crippen LogP contribution in [0, 0.1) is 5.92 Å². The largest absolute Gasteiger partial charge is 0.355 e. The average molecular weight is 289 g/mol. The van der Waals surface area contributed by atoms with Crippen LogP contribution in [-0.2, 0) is 13.1 Å². The number of hydrogen-bond donors (Lipinski definition) is 1. The molecule has 4 heteroatoms. The van der Waals surface area contributed by atoms with Crippen molar-refractivity contribution >= 4 is 17.2 Å². The molecule has 0 aliphatic rings. The first-order valence-electron chi connectivity index (χ1n) is 7.04. The Balaban J connectivity index is 1.87. The van der Waals surface area contributed by atoms with Gasteiger partial charge in [-0.15, -0.1) is 11.3 Å². The van der Waals surface area contributed by atoms with Crippen LogP contribution in [0.3, 0.4) is 0 Å². The van der Waals surface area contributed by atoms with Gasteiger partial charge in [0.05, 0.1) is 6.54 Å². The van der Waals surface area contributed by atoms with Gasteiger partial charge in [-0.05, 0) is 35.5 Å². The topological polar surface area (TPSA) is 28.2 Å².